The van der Waals surface area contributed by atoms with Crippen molar-refractivity contribution >= 4 is 5.91 Å². The molecule has 1 rings (SSSR count). The lowest BCUT2D eigenvalue weighted by molar-refractivity contribution is 0.0724. The summed E-state index contributed by atoms with van der Waals surface area (Å²) < 4.78 is 13.1. The summed E-state index contributed by atoms with van der Waals surface area (Å²) in [5.41, 5.74) is 0.354. The van der Waals surface area contributed by atoms with E-state index in [0.29, 0.717) is 24.6 Å². The number of hydrogen-bond acceptors (Lipinski definition) is 3. The van der Waals surface area contributed by atoms with E-state index in [1.807, 2.05) is 19.0 Å². The molecule has 0 saturated carbocycles. The third kappa shape index (κ3) is 5.34. The monoisotopic (exact) mass is 267 g/mol. The number of aromatic nitrogens is 1. The van der Waals surface area contributed by atoms with Gasteiger partial charge in [0.15, 0.2) is 0 Å². The number of pyridine rings is 1. The summed E-state index contributed by atoms with van der Waals surface area (Å²) in [6, 6.07) is 2.74. The third-order valence-electron chi connectivity index (χ3n) is 2.66. The first-order valence-corrected chi connectivity index (χ1v) is 6.45. The van der Waals surface area contributed by atoms with E-state index in [0.717, 1.165) is 6.54 Å². The van der Waals surface area contributed by atoms with Crippen molar-refractivity contribution in [1.29, 1.82) is 0 Å². The standard InChI is InChI=1S/C14H22FN3O/c1-11(2)10-18(8-7-17(3)4)14(19)12-5-6-16-13(15)9-12/h5-6,9,11H,7-8,10H2,1-4H3. The Morgan fingerprint density at radius 1 is 1.37 bits per heavy atom. The van der Waals surface area contributed by atoms with Crippen LogP contribution in [0, 0.1) is 11.9 Å². The van der Waals surface area contributed by atoms with Crippen LogP contribution in [0.15, 0.2) is 18.3 Å². The van der Waals surface area contributed by atoms with E-state index in [2.05, 4.69) is 18.8 Å². The maximum Gasteiger partial charge on any atom is 0.254 e. The van der Waals surface area contributed by atoms with Crippen LogP contribution < -0.4 is 0 Å². The van der Waals surface area contributed by atoms with E-state index in [9.17, 15) is 9.18 Å². The van der Waals surface area contributed by atoms with E-state index >= 15 is 0 Å². The molecule has 0 radical (unpaired) electrons. The minimum Gasteiger partial charge on any atom is -0.337 e. The molecule has 1 aromatic rings. The average Bonchev–Trinajstić information content (AvgIpc) is 2.33. The summed E-state index contributed by atoms with van der Waals surface area (Å²) in [7, 11) is 3.92. The minimum absolute atomic E-state index is 0.142. The van der Waals surface area contributed by atoms with Gasteiger partial charge in [-0.25, -0.2) is 4.98 Å². The Hall–Kier alpha value is -1.49. The second kappa shape index (κ2) is 7.19. The normalized spacial score (nSPS) is 11.1. The van der Waals surface area contributed by atoms with E-state index in [4.69, 9.17) is 0 Å². The molecule has 0 aliphatic rings. The lowest BCUT2D eigenvalue weighted by Crippen LogP contribution is -2.39. The van der Waals surface area contributed by atoms with Gasteiger partial charge in [0.25, 0.3) is 5.91 Å². The topological polar surface area (TPSA) is 36.4 Å². The molecule has 1 aromatic heterocycles. The molecule has 0 atom stereocenters. The van der Waals surface area contributed by atoms with Gasteiger partial charge in [-0.15, -0.1) is 0 Å². The van der Waals surface area contributed by atoms with E-state index in [-0.39, 0.29) is 5.91 Å². The quantitative estimate of drug-likeness (QED) is 0.738. The highest BCUT2D eigenvalue weighted by atomic mass is 19.1. The number of rotatable bonds is 6. The summed E-state index contributed by atoms with van der Waals surface area (Å²) in [6.45, 7) is 6.20. The van der Waals surface area contributed by atoms with Gasteiger partial charge in [-0.05, 0) is 26.1 Å². The largest absolute Gasteiger partial charge is 0.337 e. The van der Waals surface area contributed by atoms with Gasteiger partial charge >= 0.3 is 0 Å². The molecule has 4 nitrogen and oxygen atoms in total. The smallest absolute Gasteiger partial charge is 0.254 e. The van der Waals surface area contributed by atoms with Crippen LogP contribution in [-0.2, 0) is 0 Å². The number of carbonyl (C=O) groups excluding carboxylic acids is 1. The zero-order valence-corrected chi connectivity index (χ0v) is 12.1. The molecule has 1 heterocycles. The van der Waals surface area contributed by atoms with Crippen molar-refractivity contribution in [2.24, 2.45) is 5.92 Å². The van der Waals surface area contributed by atoms with Gasteiger partial charge in [-0.1, -0.05) is 13.8 Å². The molecule has 5 heteroatoms. The number of amides is 1. The molecule has 0 fully saturated rings. The minimum atomic E-state index is -0.622. The number of nitrogens with zero attached hydrogens (tertiary/aromatic N) is 3. The first-order valence-electron chi connectivity index (χ1n) is 6.45. The maximum atomic E-state index is 13.1. The molecule has 0 aliphatic heterocycles. The highest BCUT2D eigenvalue weighted by Crippen LogP contribution is 2.08. The average molecular weight is 267 g/mol. The Kier molecular flexibility index (Phi) is 5.89. The van der Waals surface area contributed by atoms with Crippen LogP contribution in [0.4, 0.5) is 4.39 Å². The predicted molar refractivity (Wildman–Crippen MR) is 73.5 cm³/mol. The van der Waals surface area contributed by atoms with E-state index in [1.165, 1.54) is 12.3 Å². The Labute approximate surface area is 114 Å². The molecule has 0 bridgehead atoms. The predicted octanol–water partition coefficient (Wildman–Crippen LogP) is 1.88. The molecule has 0 aromatic carbocycles. The van der Waals surface area contributed by atoms with E-state index < -0.39 is 5.95 Å². The van der Waals surface area contributed by atoms with Gasteiger partial charge < -0.3 is 9.80 Å². The van der Waals surface area contributed by atoms with Gasteiger partial charge in [0, 0.05) is 37.5 Å². The van der Waals surface area contributed by atoms with Crippen LogP contribution in [0.5, 0.6) is 0 Å². The second-order valence-electron chi connectivity index (χ2n) is 5.32. The molecule has 19 heavy (non-hydrogen) atoms. The highest BCUT2D eigenvalue weighted by molar-refractivity contribution is 5.94. The lowest BCUT2D eigenvalue weighted by atomic mass is 10.1. The second-order valence-corrected chi connectivity index (χ2v) is 5.32. The Morgan fingerprint density at radius 3 is 2.58 bits per heavy atom. The lowest BCUT2D eigenvalue weighted by Gasteiger charge is -2.26. The molecule has 1 amide bonds. The highest BCUT2D eigenvalue weighted by Gasteiger charge is 2.17. The molecule has 0 aliphatic carbocycles. The van der Waals surface area contributed by atoms with Gasteiger partial charge in [0.05, 0.1) is 0 Å². The number of likely N-dealkylation sites (N-methyl/N-ethyl adjacent to an activating group) is 1. The number of carbonyl (C=O) groups is 1. The van der Waals surface area contributed by atoms with Crippen LogP contribution in [0.3, 0.4) is 0 Å². The van der Waals surface area contributed by atoms with Crippen LogP contribution in [-0.4, -0.2) is 54.4 Å². The summed E-state index contributed by atoms with van der Waals surface area (Å²) in [4.78, 5) is 19.6. The fourth-order valence-corrected chi connectivity index (χ4v) is 1.76. The van der Waals surface area contributed by atoms with Crippen molar-refractivity contribution in [1.82, 2.24) is 14.8 Å². The van der Waals surface area contributed by atoms with Crippen molar-refractivity contribution in [3.63, 3.8) is 0 Å². The molecule has 0 spiro atoms. The molecular weight excluding hydrogens is 245 g/mol. The van der Waals surface area contributed by atoms with Crippen LogP contribution >= 0.6 is 0 Å². The molecule has 0 saturated heterocycles. The Morgan fingerprint density at radius 2 is 2.05 bits per heavy atom. The summed E-state index contributed by atoms with van der Waals surface area (Å²) in [5.74, 6) is -0.391. The van der Waals surface area contributed by atoms with Crippen LogP contribution in [0.25, 0.3) is 0 Å². The summed E-state index contributed by atoms with van der Waals surface area (Å²) in [6.07, 6.45) is 1.32. The summed E-state index contributed by atoms with van der Waals surface area (Å²) in [5, 5.41) is 0. The van der Waals surface area contributed by atoms with Crippen LogP contribution in [0.1, 0.15) is 24.2 Å². The van der Waals surface area contributed by atoms with Gasteiger partial charge in [0.2, 0.25) is 5.95 Å². The zero-order chi connectivity index (χ0) is 14.4. The molecular formula is C14H22FN3O. The molecule has 0 N–H and O–H groups in total. The van der Waals surface area contributed by atoms with E-state index in [1.54, 1.807) is 11.0 Å². The Bertz CT molecular complexity index is 421. The zero-order valence-electron chi connectivity index (χ0n) is 12.1. The molecule has 106 valence electrons. The fourth-order valence-electron chi connectivity index (χ4n) is 1.76. The Balaban J connectivity index is 2.81. The van der Waals surface area contributed by atoms with Crippen molar-refractivity contribution < 1.29 is 9.18 Å². The van der Waals surface area contributed by atoms with Gasteiger partial charge in [-0.2, -0.15) is 4.39 Å². The van der Waals surface area contributed by atoms with Crippen molar-refractivity contribution in [3.05, 3.63) is 29.8 Å². The maximum absolute atomic E-state index is 13.1. The number of halogens is 1. The first kappa shape index (κ1) is 15.6. The SMILES string of the molecule is CC(C)CN(CCN(C)C)C(=O)c1ccnc(F)c1. The number of hydrogen-bond donors (Lipinski definition) is 0. The van der Waals surface area contributed by atoms with Crippen molar-refractivity contribution in [2.45, 2.75) is 13.8 Å². The van der Waals surface area contributed by atoms with Crippen molar-refractivity contribution in [2.75, 3.05) is 33.7 Å². The van der Waals surface area contributed by atoms with Gasteiger partial charge in [0.1, 0.15) is 0 Å². The van der Waals surface area contributed by atoms with Crippen LogP contribution in [0.2, 0.25) is 0 Å². The van der Waals surface area contributed by atoms with Gasteiger partial charge in [-0.3, -0.25) is 4.79 Å². The summed E-state index contributed by atoms with van der Waals surface area (Å²) >= 11 is 0. The van der Waals surface area contributed by atoms with Crippen molar-refractivity contribution in [3.8, 4) is 0 Å². The first-order chi connectivity index (χ1) is 8.90. The third-order valence-corrected chi connectivity index (χ3v) is 2.66. The fraction of sp³-hybridized carbons (Fsp3) is 0.571. The molecule has 0 unspecified atom stereocenters.